The van der Waals surface area contributed by atoms with Gasteiger partial charge in [-0.1, -0.05) is 37.3 Å². The number of benzene rings is 2. The Morgan fingerprint density at radius 3 is 2.35 bits per heavy atom. The van der Waals surface area contributed by atoms with E-state index in [2.05, 4.69) is 12.3 Å². The zero-order valence-electron chi connectivity index (χ0n) is 11.4. The third kappa shape index (κ3) is 3.21. The van der Waals surface area contributed by atoms with Crippen LogP contribution in [0.3, 0.4) is 0 Å². The largest absolute Gasteiger partial charge is 0.271 e. The Kier molecular flexibility index (Phi) is 4.82. The first kappa shape index (κ1) is 14.6. The summed E-state index contributed by atoms with van der Waals surface area (Å²) in [5.41, 5.74) is 4.78. The van der Waals surface area contributed by atoms with Gasteiger partial charge in [-0.05, 0) is 36.1 Å². The zero-order chi connectivity index (χ0) is 14.5. The van der Waals surface area contributed by atoms with Crippen LogP contribution in [0.4, 0.5) is 8.78 Å². The minimum atomic E-state index is -0.545. The third-order valence-corrected chi connectivity index (χ3v) is 3.43. The van der Waals surface area contributed by atoms with Crippen molar-refractivity contribution in [2.75, 3.05) is 0 Å². The van der Waals surface area contributed by atoms with E-state index in [-0.39, 0.29) is 18.0 Å². The number of nitrogens with one attached hydrogen (secondary N) is 1. The van der Waals surface area contributed by atoms with Gasteiger partial charge in [-0.25, -0.2) is 8.78 Å². The molecule has 0 amide bonds. The average Bonchev–Trinajstić information content (AvgIpc) is 2.47. The fourth-order valence-corrected chi connectivity index (χ4v) is 2.23. The standard InChI is InChI=1S/C16H18F2N2/c1-2-11-5-3-6-12(9-11)16(20-19)10-13-14(17)7-4-8-15(13)18/h3-9,16,20H,2,10,19H2,1H3. The number of rotatable bonds is 5. The number of halogens is 2. The van der Waals surface area contributed by atoms with Gasteiger partial charge in [-0.3, -0.25) is 11.3 Å². The van der Waals surface area contributed by atoms with Gasteiger partial charge >= 0.3 is 0 Å². The normalized spacial score (nSPS) is 12.4. The first-order valence-corrected chi connectivity index (χ1v) is 6.63. The molecule has 1 atom stereocenters. The molecule has 4 heteroatoms. The first-order chi connectivity index (χ1) is 9.65. The number of hydrazine groups is 1. The van der Waals surface area contributed by atoms with Gasteiger partial charge in [0.2, 0.25) is 0 Å². The minimum absolute atomic E-state index is 0.0531. The van der Waals surface area contributed by atoms with Crippen molar-refractivity contribution in [1.29, 1.82) is 0 Å². The third-order valence-electron chi connectivity index (χ3n) is 3.43. The van der Waals surface area contributed by atoms with E-state index in [9.17, 15) is 8.78 Å². The van der Waals surface area contributed by atoms with Crippen molar-refractivity contribution in [3.05, 3.63) is 70.8 Å². The second-order valence-electron chi connectivity index (χ2n) is 4.72. The summed E-state index contributed by atoms with van der Waals surface area (Å²) in [4.78, 5) is 0. The molecule has 0 spiro atoms. The first-order valence-electron chi connectivity index (χ1n) is 6.63. The molecule has 0 aliphatic heterocycles. The van der Waals surface area contributed by atoms with E-state index in [1.165, 1.54) is 18.2 Å². The fourth-order valence-electron chi connectivity index (χ4n) is 2.23. The van der Waals surface area contributed by atoms with Crippen molar-refractivity contribution < 1.29 is 8.78 Å². The molecule has 2 aromatic rings. The van der Waals surface area contributed by atoms with Gasteiger partial charge < -0.3 is 0 Å². The molecule has 106 valence electrons. The Hall–Kier alpha value is -1.78. The van der Waals surface area contributed by atoms with Gasteiger partial charge in [-0.15, -0.1) is 0 Å². The molecule has 2 aromatic carbocycles. The summed E-state index contributed by atoms with van der Waals surface area (Å²) in [6.45, 7) is 2.06. The molecule has 0 radical (unpaired) electrons. The lowest BCUT2D eigenvalue weighted by molar-refractivity contribution is 0.500. The van der Waals surface area contributed by atoms with Gasteiger partial charge in [0.1, 0.15) is 11.6 Å². The van der Waals surface area contributed by atoms with E-state index in [0.717, 1.165) is 17.5 Å². The molecule has 2 nitrogen and oxygen atoms in total. The van der Waals surface area contributed by atoms with Crippen molar-refractivity contribution in [2.24, 2.45) is 5.84 Å². The van der Waals surface area contributed by atoms with Crippen molar-refractivity contribution >= 4 is 0 Å². The van der Waals surface area contributed by atoms with Crippen LogP contribution in [-0.4, -0.2) is 0 Å². The molecular weight excluding hydrogens is 258 g/mol. The van der Waals surface area contributed by atoms with Crippen LogP contribution in [0.15, 0.2) is 42.5 Å². The molecule has 0 fully saturated rings. The van der Waals surface area contributed by atoms with E-state index in [4.69, 9.17) is 5.84 Å². The molecule has 0 saturated heterocycles. The number of hydrogen-bond acceptors (Lipinski definition) is 2. The smallest absolute Gasteiger partial charge is 0.129 e. The number of aryl methyl sites for hydroxylation is 1. The summed E-state index contributed by atoms with van der Waals surface area (Å²) >= 11 is 0. The van der Waals surface area contributed by atoms with Crippen LogP contribution < -0.4 is 11.3 Å². The molecule has 2 rings (SSSR count). The van der Waals surface area contributed by atoms with E-state index in [1.54, 1.807) is 0 Å². The topological polar surface area (TPSA) is 38.0 Å². The van der Waals surface area contributed by atoms with Crippen molar-refractivity contribution in [3.8, 4) is 0 Å². The molecule has 0 heterocycles. The molecule has 0 aromatic heterocycles. The zero-order valence-corrected chi connectivity index (χ0v) is 11.4. The monoisotopic (exact) mass is 276 g/mol. The highest BCUT2D eigenvalue weighted by atomic mass is 19.1. The summed E-state index contributed by atoms with van der Waals surface area (Å²) in [6, 6.07) is 11.4. The fraction of sp³-hybridized carbons (Fsp3) is 0.250. The van der Waals surface area contributed by atoms with Crippen LogP contribution in [0.25, 0.3) is 0 Å². The van der Waals surface area contributed by atoms with Crippen LogP contribution in [0.2, 0.25) is 0 Å². The van der Waals surface area contributed by atoms with E-state index >= 15 is 0 Å². The number of hydrogen-bond donors (Lipinski definition) is 2. The summed E-state index contributed by atoms with van der Waals surface area (Å²) in [6.07, 6.45) is 1.07. The quantitative estimate of drug-likeness (QED) is 0.649. The maximum atomic E-state index is 13.7. The Labute approximate surface area is 117 Å². The predicted octanol–water partition coefficient (Wildman–Crippen LogP) is 3.27. The lowest BCUT2D eigenvalue weighted by atomic mass is 9.97. The van der Waals surface area contributed by atoms with E-state index < -0.39 is 11.6 Å². The lowest BCUT2D eigenvalue weighted by Crippen LogP contribution is -2.30. The van der Waals surface area contributed by atoms with Crippen LogP contribution in [-0.2, 0) is 12.8 Å². The Balaban J connectivity index is 2.29. The Morgan fingerprint density at radius 2 is 1.75 bits per heavy atom. The van der Waals surface area contributed by atoms with Gasteiger partial charge in [0.05, 0.1) is 6.04 Å². The molecule has 0 saturated carbocycles. The highest BCUT2D eigenvalue weighted by Gasteiger charge is 2.16. The summed E-state index contributed by atoms with van der Waals surface area (Å²) in [5.74, 6) is 4.46. The van der Waals surface area contributed by atoms with E-state index in [0.29, 0.717) is 0 Å². The second kappa shape index (κ2) is 6.59. The lowest BCUT2D eigenvalue weighted by Gasteiger charge is -2.18. The van der Waals surface area contributed by atoms with Crippen molar-refractivity contribution in [3.63, 3.8) is 0 Å². The van der Waals surface area contributed by atoms with Crippen LogP contribution in [0.5, 0.6) is 0 Å². The maximum absolute atomic E-state index is 13.7. The Morgan fingerprint density at radius 1 is 1.10 bits per heavy atom. The molecule has 0 bridgehead atoms. The van der Waals surface area contributed by atoms with Crippen LogP contribution in [0, 0.1) is 11.6 Å². The van der Waals surface area contributed by atoms with Gasteiger partial charge in [-0.2, -0.15) is 0 Å². The number of nitrogens with two attached hydrogens (primary N) is 1. The molecule has 0 aliphatic rings. The Bertz CT molecular complexity index is 564. The molecule has 3 N–H and O–H groups in total. The predicted molar refractivity (Wildman–Crippen MR) is 75.9 cm³/mol. The molecule has 20 heavy (non-hydrogen) atoms. The highest BCUT2D eigenvalue weighted by Crippen LogP contribution is 2.22. The van der Waals surface area contributed by atoms with Crippen molar-refractivity contribution in [2.45, 2.75) is 25.8 Å². The van der Waals surface area contributed by atoms with Gasteiger partial charge in [0, 0.05) is 5.56 Å². The highest BCUT2D eigenvalue weighted by molar-refractivity contribution is 5.29. The summed E-state index contributed by atoms with van der Waals surface area (Å²) in [5, 5.41) is 0. The minimum Gasteiger partial charge on any atom is -0.271 e. The van der Waals surface area contributed by atoms with E-state index in [1.807, 2.05) is 24.3 Å². The maximum Gasteiger partial charge on any atom is 0.129 e. The van der Waals surface area contributed by atoms with Gasteiger partial charge in [0.15, 0.2) is 0 Å². The SMILES string of the molecule is CCc1cccc(C(Cc2c(F)cccc2F)NN)c1. The van der Waals surface area contributed by atoms with Crippen LogP contribution >= 0.6 is 0 Å². The molecular formula is C16H18F2N2. The summed E-state index contributed by atoms with van der Waals surface area (Å²) < 4.78 is 27.4. The van der Waals surface area contributed by atoms with Crippen molar-refractivity contribution in [1.82, 2.24) is 5.43 Å². The average molecular weight is 276 g/mol. The van der Waals surface area contributed by atoms with Gasteiger partial charge in [0.25, 0.3) is 0 Å². The molecule has 0 aliphatic carbocycles. The second-order valence-corrected chi connectivity index (χ2v) is 4.72. The van der Waals surface area contributed by atoms with Crippen LogP contribution in [0.1, 0.15) is 29.7 Å². The molecule has 1 unspecified atom stereocenters. The summed E-state index contributed by atoms with van der Waals surface area (Å²) in [7, 11) is 0.